The summed E-state index contributed by atoms with van der Waals surface area (Å²) in [4.78, 5) is 50.8. The standard InChI is InChI=1S/C32H40BrN5O5/c1-16(2)12-24-29(40)37-11-7-10-25(37)32(42)38(24)30(41)31(43-32,17(3)4)35-28(39)18-13-20-19-8-6-9-22-26(19)21(27(33)34-22)14-23(20)36(5)15-18/h6,8-9,13,16-18,23-25,34,42H,7,10-12,14-15H2,1-5H3,(H,35,39)/t18-,23-,24-,25+,31-,32-/m0/s1. The van der Waals surface area contributed by atoms with Crippen LogP contribution in [0.1, 0.15) is 58.1 Å². The Morgan fingerprint density at radius 3 is 2.74 bits per heavy atom. The van der Waals surface area contributed by atoms with Crippen molar-refractivity contribution >= 4 is 50.1 Å². The first kappa shape index (κ1) is 29.0. The van der Waals surface area contributed by atoms with Gasteiger partial charge in [-0.15, -0.1) is 0 Å². The predicted octanol–water partition coefficient (Wildman–Crippen LogP) is 3.19. The summed E-state index contributed by atoms with van der Waals surface area (Å²) >= 11 is 3.70. The third kappa shape index (κ3) is 4.04. The first-order valence-corrected chi connectivity index (χ1v) is 16.3. The molecule has 4 aliphatic heterocycles. The van der Waals surface area contributed by atoms with Gasteiger partial charge in [0, 0.05) is 36.0 Å². The van der Waals surface area contributed by atoms with Gasteiger partial charge in [0.1, 0.15) is 12.1 Å². The van der Waals surface area contributed by atoms with Crippen LogP contribution in [-0.2, 0) is 25.5 Å². The number of carbonyl (C=O) groups is 3. The zero-order valence-corrected chi connectivity index (χ0v) is 26.9. The molecular weight excluding hydrogens is 614 g/mol. The van der Waals surface area contributed by atoms with Crippen LogP contribution in [0.25, 0.3) is 16.5 Å². The van der Waals surface area contributed by atoms with Crippen molar-refractivity contribution in [2.24, 2.45) is 17.8 Å². The summed E-state index contributed by atoms with van der Waals surface area (Å²) in [7, 11) is 2.03. The second-order valence-corrected chi connectivity index (χ2v) is 14.5. The molecule has 1 aromatic heterocycles. The summed E-state index contributed by atoms with van der Waals surface area (Å²) < 4.78 is 7.43. The highest BCUT2D eigenvalue weighted by atomic mass is 79.9. The van der Waals surface area contributed by atoms with E-state index >= 15 is 0 Å². The number of nitrogens with one attached hydrogen (secondary N) is 2. The molecular formula is C32H40BrN5O5. The minimum absolute atomic E-state index is 0.104. The summed E-state index contributed by atoms with van der Waals surface area (Å²) in [6.45, 7) is 8.57. The summed E-state index contributed by atoms with van der Waals surface area (Å²) in [5.74, 6) is -4.01. The number of fused-ring (bicyclic) bond motifs is 5. The number of aromatic amines is 1. The highest BCUT2D eigenvalue weighted by Gasteiger charge is 2.72. The first-order valence-electron chi connectivity index (χ1n) is 15.5. The maximum absolute atomic E-state index is 14.4. The Morgan fingerprint density at radius 2 is 2.02 bits per heavy atom. The highest BCUT2D eigenvalue weighted by molar-refractivity contribution is 9.10. The number of nitrogens with zero attached hydrogens (tertiary/aromatic N) is 3. The van der Waals surface area contributed by atoms with Crippen LogP contribution in [-0.4, -0.2) is 92.4 Å². The summed E-state index contributed by atoms with van der Waals surface area (Å²) in [6, 6.07) is 4.76. The minimum atomic E-state index is -2.01. The normalized spacial score (nSPS) is 33.7. The number of halogens is 1. The van der Waals surface area contributed by atoms with Crippen molar-refractivity contribution in [1.82, 2.24) is 25.0 Å². The van der Waals surface area contributed by atoms with E-state index in [0.29, 0.717) is 25.9 Å². The van der Waals surface area contributed by atoms with Gasteiger partial charge >= 0.3 is 0 Å². The third-order valence-electron chi connectivity index (χ3n) is 10.3. The number of H-pyrrole nitrogens is 1. The number of aliphatic hydroxyl groups is 1. The quantitative estimate of drug-likeness (QED) is 0.456. The fourth-order valence-corrected chi connectivity index (χ4v) is 8.72. The number of hydrogen-bond donors (Lipinski definition) is 3. The van der Waals surface area contributed by atoms with E-state index in [1.54, 1.807) is 18.7 Å². The van der Waals surface area contributed by atoms with Crippen LogP contribution in [0.3, 0.4) is 0 Å². The molecule has 5 aliphatic rings. The van der Waals surface area contributed by atoms with Crippen molar-refractivity contribution in [2.45, 2.75) is 83.1 Å². The number of carbonyl (C=O) groups excluding carboxylic acids is 3. The number of rotatable bonds is 5. The van der Waals surface area contributed by atoms with Gasteiger partial charge in [-0.1, -0.05) is 45.9 Å². The molecule has 10 nitrogen and oxygen atoms in total. The molecule has 1 aliphatic carbocycles. The maximum Gasteiger partial charge on any atom is 0.281 e. The smallest absolute Gasteiger partial charge is 0.281 e. The van der Waals surface area contributed by atoms with Crippen LogP contribution in [0.4, 0.5) is 0 Å². The van der Waals surface area contributed by atoms with E-state index in [-0.39, 0.29) is 23.8 Å². The summed E-state index contributed by atoms with van der Waals surface area (Å²) in [6.07, 6.45) is 4.49. The van der Waals surface area contributed by atoms with E-state index in [0.717, 1.165) is 34.1 Å². The van der Waals surface area contributed by atoms with Crippen molar-refractivity contribution in [3.05, 3.63) is 40.0 Å². The second kappa shape index (κ2) is 9.89. The number of piperazine rings is 1. The van der Waals surface area contributed by atoms with Gasteiger partial charge in [-0.3, -0.25) is 28.9 Å². The summed E-state index contributed by atoms with van der Waals surface area (Å²) in [5, 5.41) is 16.3. The molecule has 2 aromatic rings. The molecule has 3 amide bonds. The van der Waals surface area contributed by atoms with E-state index in [4.69, 9.17) is 4.74 Å². The number of ether oxygens (including phenoxy) is 1. The van der Waals surface area contributed by atoms with Crippen LogP contribution in [0.2, 0.25) is 0 Å². The lowest BCUT2D eigenvalue weighted by Gasteiger charge is -2.49. The number of amides is 3. The highest BCUT2D eigenvalue weighted by Crippen LogP contribution is 2.49. The van der Waals surface area contributed by atoms with Gasteiger partial charge in [0.25, 0.3) is 11.8 Å². The SMILES string of the molecule is CC(C)C[C@H]1C(=O)N2CCC[C@@H]2[C@]2(O)O[C@@](NC(=O)[C@H]3C=C4c5cccc6[nH]c(Br)c(c56)C[C@@H]4N(C)C3)(C(C)C)C(=O)N12. The minimum Gasteiger partial charge on any atom is -0.349 e. The molecule has 0 bridgehead atoms. The molecule has 0 radical (unpaired) electrons. The van der Waals surface area contributed by atoms with Crippen molar-refractivity contribution in [3.63, 3.8) is 0 Å². The number of hydrogen-bond acceptors (Lipinski definition) is 6. The van der Waals surface area contributed by atoms with E-state index < -0.39 is 41.5 Å². The lowest BCUT2D eigenvalue weighted by Crippen LogP contribution is -2.71. The Bertz CT molecular complexity index is 1570. The summed E-state index contributed by atoms with van der Waals surface area (Å²) in [5.41, 5.74) is 2.68. The zero-order chi connectivity index (χ0) is 30.6. The molecule has 0 saturated carbocycles. The molecule has 1 aromatic carbocycles. The molecule has 0 unspecified atom stereocenters. The Morgan fingerprint density at radius 1 is 1.26 bits per heavy atom. The molecule has 11 heteroatoms. The lowest BCUT2D eigenvalue weighted by atomic mass is 9.79. The van der Waals surface area contributed by atoms with Gasteiger partial charge in [0.05, 0.1) is 10.5 Å². The molecule has 0 spiro atoms. The van der Waals surface area contributed by atoms with Crippen LogP contribution < -0.4 is 5.32 Å². The average molecular weight is 655 g/mol. The molecule has 5 heterocycles. The largest absolute Gasteiger partial charge is 0.349 e. The van der Waals surface area contributed by atoms with Crippen LogP contribution >= 0.6 is 15.9 Å². The van der Waals surface area contributed by atoms with Crippen molar-refractivity contribution in [2.75, 3.05) is 20.1 Å². The molecule has 3 saturated heterocycles. The van der Waals surface area contributed by atoms with Gasteiger partial charge in [-0.25, -0.2) is 0 Å². The van der Waals surface area contributed by atoms with E-state index in [1.807, 2.05) is 33.0 Å². The van der Waals surface area contributed by atoms with Gasteiger partial charge in [0.2, 0.25) is 17.5 Å². The molecule has 7 rings (SSSR count). The Hall–Kier alpha value is -2.73. The lowest BCUT2D eigenvalue weighted by molar-refractivity contribution is -0.322. The Labute approximate surface area is 259 Å². The number of aromatic nitrogens is 1. The van der Waals surface area contributed by atoms with Crippen molar-refractivity contribution in [3.8, 4) is 0 Å². The maximum atomic E-state index is 14.4. The topological polar surface area (TPSA) is 118 Å². The van der Waals surface area contributed by atoms with E-state index in [2.05, 4.69) is 43.3 Å². The van der Waals surface area contributed by atoms with Gasteiger partial charge in [-0.05, 0) is 77.3 Å². The van der Waals surface area contributed by atoms with Crippen LogP contribution in [0.5, 0.6) is 0 Å². The third-order valence-corrected chi connectivity index (χ3v) is 10.9. The van der Waals surface area contributed by atoms with E-state index in [9.17, 15) is 19.5 Å². The van der Waals surface area contributed by atoms with Crippen LogP contribution in [0, 0.1) is 17.8 Å². The molecule has 3 fully saturated rings. The second-order valence-electron chi connectivity index (χ2n) is 13.7. The van der Waals surface area contributed by atoms with Gasteiger partial charge in [0.15, 0.2) is 0 Å². The fraction of sp³-hybridized carbons (Fsp3) is 0.594. The van der Waals surface area contributed by atoms with Gasteiger partial charge in [-0.2, -0.15) is 0 Å². The fourth-order valence-electron chi connectivity index (χ4n) is 8.15. The predicted molar refractivity (Wildman–Crippen MR) is 164 cm³/mol. The van der Waals surface area contributed by atoms with Crippen molar-refractivity contribution in [1.29, 1.82) is 0 Å². The van der Waals surface area contributed by atoms with Gasteiger partial charge < -0.3 is 20.3 Å². The Balaban J connectivity index is 1.25. The monoisotopic (exact) mass is 653 g/mol. The van der Waals surface area contributed by atoms with Crippen molar-refractivity contribution < 1.29 is 24.2 Å². The zero-order valence-electron chi connectivity index (χ0n) is 25.3. The number of benzene rings is 1. The van der Waals surface area contributed by atoms with Crippen LogP contribution in [0.15, 0.2) is 28.9 Å². The molecule has 230 valence electrons. The average Bonchev–Trinajstić information content (AvgIpc) is 3.63. The number of likely N-dealkylation sites (N-methyl/N-ethyl adjacent to an activating group) is 1. The molecule has 6 atom stereocenters. The molecule has 43 heavy (non-hydrogen) atoms. The molecule has 3 N–H and O–H groups in total. The van der Waals surface area contributed by atoms with E-state index in [1.165, 1.54) is 15.8 Å². The first-order chi connectivity index (χ1) is 20.4. The Kier molecular flexibility index (Phi) is 6.67.